The van der Waals surface area contributed by atoms with Crippen LogP contribution in [0.2, 0.25) is 0 Å². The quantitative estimate of drug-likeness (QED) is 0.683. The Labute approximate surface area is 169 Å². The van der Waals surface area contributed by atoms with Crippen LogP contribution in [0.5, 0.6) is 0 Å². The molecule has 158 valence electrons. The molecule has 29 heavy (non-hydrogen) atoms. The molecule has 1 aromatic heterocycles. The summed E-state index contributed by atoms with van der Waals surface area (Å²) in [5, 5.41) is 0. The third-order valence-electron chi connectivity index (χ3n) is 5.98. The summed E-state index contributed by atoms with van der Waals surface area (Å²) in [5.41, 5.74) is 0.926. The SMILES string of the molecule is COCCOC1CCOC2(CCN(C(=O)Cn3c(=O)oc4ccccc43)CC2)C1. The van der Waals surface area contributed by atoms with Crippen LogP contribution >= 0.6 is 0 Å². The maximum absolute atomic E-state index is 12.8. The van der Waals surface area contributed by atoms with Crippen LogP contribution in [0.25, 0.3) is 11.1 Å². The molecule has 1 spiro atoms. The molecule has 2 fully saturated rings. The molecule has 8 nitrogen and oxygen atoms in total. The number of carbonyl (C=O) groups excluding carboxylic acids is 1. The van der Waals surface area contributed by atoms with Gasteiger partial charge in [0.1, 0.15) is 6.54 Å². The lowest BCUT2D eigenvalue weighted by Gasteiger charge is -2.46. The number of para-hydroxylation sites is 2. The van der Waals surface area contributed by atoms with Gasteiger partial charge in [0, 0.05) is 33.2 Å². The summed E-state index contributed by atoms with van der Waals surface area (Å²) in [6.45, 7) is 3.10. The molecular formula is C21H28N2O6. The predicted molar refractivity (Wildman–Crippen MR) is 106 cm³/mol. The highest BCUT2D eigenvalue weighted by Crippen LogP contribution is 2.36. The standard InChI is InChI=1S/C21H28N2O6/c1-26-12-13-27-16-6-11-28-21(14-16)7-9-22(10-8-21)19(24)15-23-17-4-2-3-5-18(17)29-20(23)25/h2-5,16H,6-15H2,1H3. The Balaban J connectivity index is 1.35. The third-order valence-corrected chi connectivity index (χ3v) is 5.98. The van der Waals surface area contributed by atoms with E-state index in [0.29, 0.717) is 44.0 Å². The Bertz CT molecular complexity index is 896. The normalized spacial score (nSPS) is 21.7. The van der Waals surface area contributed by atoms with Gasteiger partial charge in [-0.25, -0.2) is 4.79 Å². The molecule has 1 amide bonds. The first kappa shape index (κ1) is 20.1. The second-order valence-electron chi connectivity index (χ2n) is 7.81. The van der Waals surface area contributed by atoms with Crippen LogP contribution in [0.15, 0.2) is 33.5 Å². The number of methoxy groups -OCH3 is 1. The van der Waals surface area contributed by atoms with Crippen molar-refractivity contribution in [2.45, 2.75) is 43.9 Å². The highest BCUT2D eigenvalue weighted by atomic mass is 16.5. The maximum Gasteiger partial charge on any atom is 0.420 e. The molecule has 2 aliphatic heterocycles. The molecule has 0 aliphatic carbocycles. The van der Waals surface area contributed by atoms with E-state index in [9.17, 15) is 9.59 Å². The van der Waals surface area contributed by atoms with Crippen LogP contribution in [0, 0.1) is 0 Å². The summed E-state index contributed by atoms with van der Waals surface area (Å²) in [7, 11) is 1.67. The van der Waals surface area contributed by atoms with Crippen molar-refractivity contribution in [1.82, 2.24) is 9.47 Å². The van der Waals surface area contributed by atoms with Gasteiger partial charge in [0.2, 0.25) is 5.91 Å². The molecule has 1 aromatic carbocycles. The van der Waals surface area contributed by atoms with Gasteiger partial charge in [0.25, 0.3) is 0 Å². The summed E-state index contributed by atoms with van der Waals surface area (Å²) < 4.78 is 23.7. The van der Waals surface area contributed by atoms with Gasteiger partial charge in [0.05, 0.1) is 30.4 Å². The molecule has 2 saturated heterocycles. The Morgan fingerprint density at radius 2 is 2.03 bits per heavy atom. The summed E-state index contributed by atoms with van der Waals surface area (Å²) in [6, 6.07) is 7.15. The van der Waals surface area contributed by atoms with Crippen molar-refractivity contribution in [2.24, 2.45) is 0 Å². The van der Waals surface area contributed by atoms with E-state index in [1.807, 2.05) is 11.0 Å². The summed E-state index contributed by atoms with van der Waals surface area (Å²) in [4.78, 5) is 26.8. The molecule has 0 radical (unpaired) electrons. The van der Waals surface area contributed by atoms with E-state index in [1.165, 1.54) is 4.57 Å². The van der Waals surface area contributed by atoms with Gasteiger partial charge in [-0.2, -0.15) is 0 Å². The Morgan fingerprint density at radius 1 is 1.24 bits per heavy atom. The number of hydrogen-bond donors (Lipinski definition) is 0. The summed E-state index contributed by atoms with van der Waals surface area (Å²) >= 11 is 0. The number of rotatable bonds is 6. The van der Waals surface area contributed by atoms with E-state index in [4.69, 9.17) is 18.6 Å². The van der Waals surface area contributed by atoms with Crippen molar-refractivity contribution in [2.75, 3.05) is 40.0 Å². The zero-order valence-corrected chi connectivity index (χ0v) is 16.8. The number of carbonyl (C=O) groups is 1. The largest absolute Gasteiger partial charge is 0.420 e. The second kappa shape index (κ2) is 8.69. The van der Waals surface area contributed by atoms with Crippen LogP contribution in [0.1, 0.15) is 25.7 Å². The minimum absolute atomic E-state index is 0.00748. The van der Waals surface area contributed by atoms with Gasteiger partial charge in [-0.15, -0.1) is 0 Å². The van der Waals surface area contributed by atoms with Crippen LogP contribution in [-0.4, -0.2) is 67.1 Å². The molecule has 2 aromatic rings. The first-order valence-corrected chi connectivity index (χ1v) is 10.2. The number of oxazole rings is 1. The molecule has 0 bridgehead atoms. The van der Waals surface area contributed by atoms with E-state index in [2.05, 4.69) is 0 Å². The minimum Gasteiger partial charge on any atom is -0.408 e. The number of ether oxygens (including phenoxy) is 3. The average Bonchev–Trinajstić information content (AvgIpc) is 3.04. The topological polar surface area (TPSA) is 83.1 Å². The molecule has 1 atom stereocenters. The fourth-order valence-electron chi connectivity index (χ4n) is 4.33. The number of piperidine rings is 1. The lowest BCUT2D eigenvalue weighted by molar-refractivity contribution is -0.163. The van der Waals surface area contributed by atoms with Crippen LogP contribution in [0.3, 0.4) is 0 Å². The fourth-order valence-corrected chi connectivity index (χ4v) is 4.33. The molecule has 1 unspecified atom stereocenters. The van der Waals surface area contributed by atoms with Gasteiger partial charge < -0.3 is 23.5 Å². The number of likely N-dealkylation sites (tertiary alicyclic amines) is 1. The number of hydrogen-bond acceptors (Lipinski definition) is 6. The second-order valence-corrected chi connectivity index (χ2v) is 7.81. The first-order chi connectivity index (χ1) is 14.1. The van der Waals surface area contributed by atoms with Gasteiger partial charge in [-0.3, -0.25) is 9.36 Å². The van der Waals surface area contributed by atoms with Crippen molar-refractivity contribution in [3.63, 3.8) is 0 Å². The number of aromatic nitrogens is 1. The van der Waals surface area contributed by atoms with Gasteiger partial charge in [-0.05, 0) is 31.4 Å². The number of benzene rings is 1. The van der Waals surface area contributed by atoms with Crippen LogP contribution in [0.4, 0.5) is 0 Å². The fraction of sp³-hybridized carbons (Fsp3) is 0.619. The number of fused-ring (bicyclic) bond motifs is 1. The summed E-state index contributed by atoms with van der Waals surface area (Å²) in [6.07, 6.45) is 3.49. The zero-order valence-electron chi connectivity index (χ0n) is 16.8. The van der Waals surface area contributed by atoms with E-state index < -0.39 is 5.76 Å². The van der Waals surface area contributed by atoms with E-state index in [1.54, 1.807) is 25.3 Å². The lowest BCUT2D eigenvalue weighted by atomic mass is 9.83. The Morgan fingerprint density at radius 3 is 2.83 bits per heavy atom. The van der Waals surface area contributed by atoms with Gasteiger partial charge >= 0.3 is 5.76 Å². The van der Waals surface area contributed by atoms with E-state index in [0.717, 1.165) is 25.7 Å². The van der Waals surface area contributed by atoms with Gasteiger partial charge in [-0.1, -0.05) is 12.1 Å². The highest BCUT2D eigenvalue weighted by molar-refractivity contribution is 5.79. The van der Waals surface area contributed by atoms with Crippen molar-refractivity contribution >= 4 is 17.0 Å². The van der Waals surface area contributed by atoms with Crippen molar-refractivity contribution in [3.8, 4) is 0 Å². The molecule has 2 aliphatic rings. The predicted octanol–water partition coefficient (Wildman–Crippen LogP) is 1.80. The monoisotopic (exact) mass is 404 g/mol. The highest BCUT2D eigenvalue weighted by Gasteiger charge is 2.41. The third kappa shape index (κ3) is 4.39. The van der Waals surface area contributed by atoms with Crippen LogP contribution < -0.4 is 5.76 Å². The van der Waals surface area contributed by atoms with Crippen molar-refractivity contribution in [1.29, 1.82) is 0 Å². The van der Waals surface area contributed by atoms with Crippen LogP contribution in [-0.2, 0) is 25.5 Å². The Kier molecular flexibility index (Phi) is 6.03. The molecule has 3 heterocycles. The molecule has 0 saturated carbocycles. The van der Waals surface area contributed by atoms with E-state index >= 15 is 0 Å². The number of amides is 1. The summed E-state index contributed by atoms with van der Waals surface area (Å²) in [5.74, 6) is -0.572. The smallest absolute Gasteiger partial charge is 0.408 e. The molecule has 0 N–H and O–H groups in total. The first-order valence-electron chi connectivity index (χ1n) is 10.2. The molecular weight excluding hydrogens is 376 g/mol. The molecule has 8 heteroatoms. The lowest BCUT2D eigenvalue weighted by Crippen LogP contribution is -2.52. The van der Waals surface area contributed by atoms with E-state index in [-0.39, 0.29) is 24.2 Å². The Hall–Kier alpha value is -2.16. The van der Waals surface area contributed by atoms with Gasteiger partial charge in [0.15, 0.2) is 5.58 Å². The minimum atomic E-state index is -0.500. The number of nitrogens with zero attached hydrogens (tertiary/aromatic N) is 2. The maximum atomic E-state index is 12.8. The molecule has 4 rings (SSSR count). The zero-order chi connectivity index (χ0) is 20.3. The van der Waals surface area contributed by atoms with Crippen molar-refractivity contribution < 1.29 is 23.4 Å². The average molecular weight is 404 g/mol. The van der Waals surface area contributed by atoms with Crippen molar-refractivity contribution in [3.05, 3.63) is 34.8 Å².